The molecule has 1 atom stereocenters. The highest BCUT2D eigenvalue weighted by Crippen LogP contribution is 2.28. The Morgan fingerprint density at radius 2 is 2.28 bits per heavy atom. The summed E-state index contributed by atoms with van der Waals surface area (Å²) in [4.78, 5) is 4.12. The topological polar surface area (TPSA) is 74.2 Å². The average molecular weight is 251 g/mol. The first kappa shape index (κ1) is 12.5. The van der Waals surface area contributed by atoms with Crippen molar-refractivity contribution < 1.29 is 13.7 Å². The lowest BCUT2D eigenvalue weighted by molar-refractivity contribution is 0.0903. The lowest BCUT2D eigenvalue weighted by Crippen LogP contribution is -2.02. The maximum Gasteiger partial charge on any atom is 0.263 e. The Hall–Kier alpha value is -1.95. The van der Waals surface area contributed by atoms with E-state index in [9.17, 15) is 4.39 Å². The van der Waals surface area contributed by atoms with Crippen molar-refractivity contribution in [1.29, 1.82) is 0 Å². The van der Waals surface area contributed by atoms with Gasteiger partial charge in [0, 0.05) is 12.8 Å². The zero-order chi connectivity index (χ0) is 13.1. The maximum atomic E-state index is 13.7. The van der Waals surface area contributed by atoms with Crippen molar-refractivity contribution >= 4 is 5.69 Å². The second-order valence-electron chi connectivity index (χ2n) is 3.79. The van der Waals surface area contributed by atoms with Crippen LogP contribution in [0.15, 0.2) is 22.7 Å². The van der Waals surface area contributed by atoms with Gasteiger partial charge in [-0.1, -0.05) is 18.1 Å². The SMILES string of the molecule is CCC(OC)c1noc(-c2c(N)cccc2F)n1. The summed E-state index contributed by atoms with van der Waals surface area (Å²) in [7, 11) is 1.56. The van der Waals surface area contributed by atoms with Gasteiger partial charge in [-0.2, -0.15) is 4.98 Å². The molecule has 0 spiro atoms. The number of hydrogen-bond acceptors (Lipinski definition) is 5. The Balaban J connectivity index is 2.41. The lowest BCUT2D eigenvalue weighted by atomic mass is 10.1. The van der Waals surface area contributed by atoms with Crippen LogP contribution in [0, 0.1) is 5.82 Å². The Labute approximate surface area is 104 Å². The number of rotatable bonds is 4. The highest BCUT2D eigenvalue weighted by molar-refractivity contribution is 5.70. The van der Waals surface area contributed by atoms with E-state index < -0.39 is 5.82 Å². The third kappa shape index (κ3) is 2.19. The fraction of sp³-hybridized carbons (Fsp3) is 0.333. The fourth-order valence-corrected chi connectivity index (χ4v) is 1.69. The number of halogens is 1. The first-order valence-corrected chi connectivity index (χ1v) is 5.58. The van der Waals surface area contributed by atoms with Crippen molar-refractivity contribution in [3.63, 3.8) is 0 Å². The van der Waals surface area contributed by atoms with Gasteiger partial charge in [0.1, 0.15) is 11.9 Å². The second kappa shape index (κ2) is 5.14. The second-order valence-corrected chi connectivity index (χ2v) is 3.79. The van der Waals surface area contributed by atoms with Gasteiger partial charge in [0.2, 0.25) is 5.82 Å². The van der Waals surface area contributed by atoms with Crippen molar-refractivity contribution in [3.8, 4) is 11.5 Å². The van der Waals surface area contributed by atoms with Crippen LogP contribution in [-0.2, 0) is 4.74 Å². The van der Waals surface area contributed by atoms with E-state index in [4.69, 9.17) is 15.0 Å². The van der Waals surface area contributed by atoms with Gasteiger partial charge in [-0.05, 0) is 18.6 Å². The van der Waals surface area contributed by atoms with Crippen molar-refractivity contribution in [1.82, 2.24) is 10.1 Å². The standard InChI is InChI=1S/C12H14FN3O2/c1-3-9(17-2)11-15-12(18-16-11)10-7(13)5-4-6-8(10)14/h4-6,9H,3,14H2,1-2H3. The van der Waals surface area contributed by atoms with Crippen LogP contribution in [0.5, 0.6) is 0 Å². The van der Waals surface area contributed by atoms with Crippen LogP contribution in [0.1, 0.15) is 25.3 Å². The van der Waals surface area contributed by atoms with Gasteiger partial charge >= 0.3 is 0 Å². The Morgan fingerprint density at radius 1 is 1.50 bits per heavy atom. The van der Waals surface area contributed by atoms with Crippen LogP contribution < -0.4 is 5.73 Å². The molecule has 1 aromatic heterocycles. The molecule has 0 saturated carbocycles. The molecule has 0 aliphatic rings. The van der Waals surface area contributed by atoms with E-state index in [0.717, 1.165) is 0 Å². The van der Waals surface area contributed by atoms with Gasteiger partial charge in [0.15, 0.2) is 0 Å². The number of methoxy groups -OCH3 is 1. The third-order valence-corrected chi connectivity index (χ3v) is 2.64. The molecule has 0 aliphatic heterocycles. The molecule has 0 fully saturated rings. The third-order valence-electron chi connectivity index (χ3n) is 2.64. The zero-order valence-corrected chi connectivity index (χ0v) is 10.2. The molecule has 1 heterocycles. The van der Waals surface area contributed by atoms with Gasteiger partial charge in [-0.25, -0.2) is 4.39 Å². The summed E-state index contributed by atoms with van der Waals surface area (Å²) in [5.74, 6) is -0.0376. The number of benzene rings is 1. The lowest BCUT2D eigenvalue weighted by Gasteiger charge is -2.06. The number of nitrogens with two attached hydrogens (primary N) is 1. The van der Waals surface area contributed by atoms with E-state index in [1.165, 1.54) is 12.1 Å². The minimum atomic E-state index is -0.490. The van der Waals surface area contributed by atoms with Crippen LogP contribution in [0.4, 0.5) is 10.1 Å². The Bertz CT molecular complexity index is 518. The van der Waals surface area contributed by atoms with E-state index in [-0.39, 0.29) is 23.2 Å². The van der Waals surface area contributed by atoms with Crippen molar-refractivity contribution in [2.45, 2.75) is 19.4 Å². The number of ether oxygens (including phenoxy) is 1. The van der Waals surface area contributed by atoms with Crippen LogP contribution in [0.25, 0.3) is 11.5 Å². The molecule has 2 rings (SSSR count). The average Bonchev–Trinajstić information content (AvgIpc) is 2.80. The number of nitrogens with zero attached hydrogens (tertiary/aromatic N) is 2. The van der Waals surface area contributed by atoms with E-state index in [1.54, 1.807) is 13.2 Å². The molecule has 0 saturated heterocycles. The summed E-state index contributed by atoms with van der Waals surface area (Å²) in [5, 5.41) is 3.78. The fourth-order valence-electron chi connectivity index (χ4n) is 1.69. The van der Waals surface area contributed by atoms with E-state index in [1.807, 2.05) is 6.92 Å². The van der Waals surface area contributed by atoms with E-state index in [0.29, 0.717) is 12.2 Å². The number of aromatic nitrogens is 2. The highest BCUT2D eigenvalue weighted by Gasteiger charge is 2.20. The summed E-state index contributed by atoms with van der Waals surface area (Å²) in [6, 6.07) is 4.40. The quantitative estimate of drug-likeness (QED) is 0.845. The van der Waals surface area contributed by atoms with Crippen LogP contribution in [0.2, 0.25) is 0 Å². The largest absolute Gasteiger partial charge is 0.398 e. The van der Waals surface area contributed by atoms with E-state index in [2.05, 4.69) is 10.1 Å². The molecule has 96 valence electrons. The predicted molar refractivity (Wildman–Crippen MR) is 64.1 cm³/mol. The molecular weight excluding hydrogens is 237 g/mol. The summed E-state index contributed by atoms with van der Waals surface area (Å²) in [5.41, 5.74) is 6.09. The molecule has 0 bridgehead atoms. The van der Waals surface area contributed by atoms with Crippen LogP contribution in [-0.4, -0.2) is 17.3 Å². The van der Waals surface area contributed by atoms with Crippen molar-refractivity contribution in [3.05, 3.63) is 29.8 Å². The first-order chi connectivity index (χ1) is 8.67. The van der Waals surface area contributed by atoms with Crippen molar-refractivity contribution in [2.24, 2.45) is 0 Å². The molecule has 2 aromatic rings. The molecule has 2 N–H and O–H groups in total. The van der Waals surface area contributed by atoms with Crippen LogP contribution >= 0.6 is 0 Å². The zero-order valence-electron chi connectivity index (χ0n) is 10.2. The molecule has 1 aromatic carbocycles. The smallest absolute Gasteiger partial charge is 0.263 e. The predicted octanol–water partition coefficient (Wildman–Crippen LogP) is 2.56. The minimum Gasteiger partial charge on any atom is -0.398 e. The molecule has 0 radical (unpaired) electrons. The van der Waals surface area contributed by atoms with Gasteiger partial charge in [0.05, 0.1) is 5.56 Å². The highest BCUT2D eigenvalue weighted by atomic mass is 19.1. The summed E-state index contributed by atoms with van der Waals surface area (Å²) in [6.45, 7) is 1.93. The Kier molecular flexibility index (Phi) is 3.57. The number of hydrogen-bond donors (Lipinski definition) is 1. The van der Waals surface area contributed by atoms with Gasteiger partial charge < -0.3 is 15.0 Å². The summed E-state index contributed by atoms with van der Waals surface area (Å²) < 4.78 is 23.9. The van der Waals surface area contributed by atoms with Gasteiger partial charge in [0.25, 0.3) is 5.89 Å². The molecule has 18 heavy (non-hydrogen) atoms. The summed E-state index contributed by atoms with van der Waals surface area (Å²) in [6.07, 6.45) is 0.429. The monoisotopic (exact) mass is 251 g/mol. The number of nitrogen functional groups attached to an aromatic ring is 1. The molecule has 0 amide bonds. The number of anilines is 1. The first-order valence-electron chi connectivity index (χ1n) is 5.58. The molecule has 0 aliphatic carbocycles. The minimum absolute atomic E-state index is 0.0658. The molecular formula is C12H14FN3O2. The molecule has 5 nitrogen and oxygen atoms in total. The van der Waals surface area contributed by atoms with E-state index >= 15 is 0 Å². The Morgan fingerprint density at radius 3 is 2.89 bits per heavy atom. The van der Waals surface area contributed by atoms with Crippen molar-refractivity contribution in [2.75, 3.05) is 12.8 Å². The van der Waals surface area contributed by atoms with Crippen LogP contribution in [0.3, 0.4) is 0 Å². The molecule has 6 heteroatoms. The van der Waals surface area contributed by atoms with Gasteiger partial charge in [-0.3, -0.25) is 0 Å². The van der Waals surface area contributed by atoms with Gasteiger partial charge in [-0.15, -0.1) is 0 Å². The maximum absolute atomic E-state index is 13.7. The summed E-state index contributed by atoms with van der Waals surface area (Å²) >= 11 is 0. The normalized spacial score (nSPS) is 12.6. The molecule has 1 unspecified atom stereocenters.